The van der Waals surface area contributed by atoms with Gasteiger partial charge >= 0.3 is 0 Å². The van der Waals surface area contributed by atoms with Crippen molar-refractivity contribution >= 4 is 44.1 Å². The Labute approximate surface area is 230 Å². The number of Topliss-reactive ketones (excluding diaryl/α,β-unsaturated/α-hetero) is 1. The topological polar surface area (TPSA) is 118 Å². The normalized spacial score (nSPS) is 15.1. The van der Waals surface area contributed by atoms with Gasteiger partial charge in [-0.3, -0.25) is 14.4 Å². The van der Waals surface area contributed by atoms with Gasteiger partial charge in [-0.25, -0.2) is 17.4 Å². The van der Waals surface area contributed by atoms with Gasteiger partial charge in [0.15, 0.2) is 10.9 Å². The molecule has 0 saturated carbocycles. The second-order valence-corrected chi connectivity index (χ2v) is 12.2. The quantitative estimate of drug-likeness (QED) is 0.333. The van der Waals surface area contributed by atoms with Crippen molar-refractivity contribution in [2.24, 2.45) is 0 Å². The van der Waals surface area contributed by atoms with Gasteiger partial charge in [-0.1, -0.05) is 42.5 Å². The highest BCUT2D eigenvalue weighted by molar-refractivity contribution is 7.89. The number of aryl methyl sites for hydroxylation is 1. The molecular formula is C28H26N4O5S2. The molecule has 0 bridgehead atoms. The summed E-state index contributed by atoms with van der Waals surface area (Å²) in [6.45, 7) is 3.55. The molecule has 1 aliphatic heterocycles. The molecule has 1 fully saturated rings. The third-order valence-electron chi connectivity index (χ3n) is 6.67. The highest BCUT2D eigenvalue weighted by Gasteiger charge is 2.38. The summed E-state index contributed by atoms with van der Waals surface area (Å²) in [6, 6.07) is 16.1. The molecule has 1 aliphatic rings. The average molecular weight is 563 g/mol. The lowest BCUT2D eigenvalue weighted by Crippen LogP contribution is -2.56. The van der Waals surface area contributed by atoms with Crippen LogP contribution in [0.15, 0.2) is 66.2 Å². The zero-order valence-corrected chi connectivity index (χ0v) is 23.2. The predicted molar refractivity (Wildman–Crippen MR) is 150 cm³/mol. The van der Waals surface area contributed by atoms with Gasteiger partial charge in [-0.15, -0.1) is 11.3 Å². The molecule has 11 heteroatoms. The van der Waals surface area contributed by atoms with Crippen molar-refractivity contribution in [1.82, 2.24) is 13.9 Å². The van der Waals surface area contributed by atoms with Crippen molar-refractivity contribution in [3.8, 4) is 22.4 Å². The Balaban J connectivity index is 1.27. The Hall–Kier alpha value is -4.09. The summed E-state index contributed by atoms with van der Waals surface area (Å²) in [7, 11) is -3.53. The summed E-state index contributed by atoms with van der Waals surface area (Å²) < 4.78 is 24.9. The smallest absolute Gasteiger partial charge is 0.256 e. The van der Waals surface area contributed by atoms with E-state index in [1.807, 2.05) is 41.8 Å². The number of amides is 2. The van der Waals surface area contributed by atoms with E-state index >= 15 is 0 Å². The summed E-state index contributed by atoms with van der Waals surface area (Å²) in [5.74, 6) is -0.711. The van der Waals surface area contributed by atoms with Crippen LogP contribution in [0.2, 0.25) is 0 Å². The molecule has 0 spiro atoms. The molecule has 1 N–H and O–H groups in total. The molecule has 3 heterocycles. The summed E-state index contributed by atoms with van der Waals surface area (Å²) >= 11 is 1.29. The number of rotatable bonds is 7. The number of thiazole rings is 1. The fourth-order valence-electron chi connectivity index (χ4n) is 4.51. The van der Waals surface area contributed by atoms with Crippen molar-refractivity contribution in [3.63, 3.8) is 0 Å². The lowest BCUT2D eigenvalue weighted by atomic mass is 10.0. The molecule has 2 amide bonds. The SMILES string of the molecule is CC(=O)c1ccc(-c2cccc(-c3csc(NC(=O)[C@@H]4CCN4C(=O)c4cc(C)n(S(C)(=O)=O)c4)n3)c2)cc1. The van der Waals surface area contributed by atoms with E-state index in [9.17, 15) is 22.8 Å². The number of carbonyl (C=O) groups excluding carboxylic acids is 3. The minimum atomic E-state index is -3.53. The molecule has 1 atom stereocenters. The molecule has 1 saturated heterocycles. The first-order chi connectivity index (χ1) is 18.5. The van der Waals surface area contributed by atoms with Crippen LogP contribution in [-0.4, -0.2) is 58.7 Å². The monoisotopic (exact) mass is 562 g/mol. The van der Waals surface area contributed by atoms with Gasteiger partial charge in [0.2, 0.25) is 15.9 Å². The van der Waals surface area contributed by atoms with Gasteiger partial charge in [-0.2, -0.15) is 0 Å². The van der Waals surface area contributed by atoms with E-state index in [2.05, 4.69) is 10.3 Å². The van der Waals surface area contributed by atoms with Crippen molar-refractivity contribution in [1.29, 1.82) is 0 Å². The first-order valence-electron chi connectivity index (χ1n) is 12.2. The van der Waals surface area contributed by atoms with E-state index in [-0.39, 0.29) is 23.2 Å². The van der Waals surface area contributed by atoms with Crippen molar-refractivity contribution < 1.29 is 22.8 Å². The number of carbonyl (C=O) groups is 3. The van der Waals surface area contributed by atoms with Gasteiger partial charge in [0.25, 0.3) is 5.91 Å². The Morgan fingerprint density at radius 3 is 2.33 bits per heavy atom. The van der Waals surface area contributed by atoms with Crippen LogP contribution in [0, 0.1) is 6.92 Å². The highest BCUT2D eigenvalue weighted by Crippen LogP contribution is 2.30. The number of benzene rings is 2. The summed E-state index contributed by atoms with van der Waals surface area (Å²) in [5.41, 5.74) is 4.84. The Morgan fingerprint density at radius 2 is 1.72 bits per heavy atom. The van der Waals surface area contributed by atoms with Gasteiger partial charge in [0.1, 0.15) is 6.04 Å². The van der Waals surface area contributed by atoms with Crippen LogP contribution in [0.5, 0.6) is 0 Å². The van der Waals surface area contributed by atoms with E-state index < -0.39 is 16.1 Å². The third kappa shape index (κ3) is 5.41. The maximum absolute atomic E-state index is 13.0. The van der Waals surface area contributed by atoms with Crippen LogP contribution in [0.3, 0.4) is 0 Å². The molecule has 200 valence electrons. The molecule has 0 aliphatic carbocycles. The summed E-state index contributed by atoms with van der Waals surface area (Å²) in [5, 5.41) is 5.09. The van der Waals surface area contributed by atoms with Crippen molar-refractivity contribution in [3.05, 3.63) is 83.0 Å². The predicted octanol–water partition coefficient (Wildman–Crippen LogP) is 4.45. The van der Waals surface area contributed by atoms with Crippen LogP contribution in [0.4, 0.5) is 5.13 Å². The molecule has 2 aromatic heterocycles. The van der Waals surface area contributed by atoms with E-state index in [1.165, 1.54) is 35.4 Å². The van der Waals surface area contributed by atoms with Gasteiger partial charge in [0.05, 0.1) is 17.5 Å². The van der Waals surface area contributed by atoms with Gasteiger partial charge in [0, 0.05) is 34.9 Å². The van der Waals surface area contributed by atoms with Crippen LogP contribution in [-0.2, 0) is 14.8 Å². The molecule has 9 nitrogen and oxygen atoms in total. The number of nitrogens with zero attached hydrogens (tertiary/aromatic N) is 3. The fourth-order valence-corrected chi connectivity index (χ4v) is 6.11. The van der Waals surface area contributed by atoms with Crippen molar-refractivity contribution in [2.75, 3.05) is 18.1 Å². The highest BCUT2D eigenvalue weighted by atomic mass is 32.2. The molecule has 2 aromatic carbocycles. The molecule has 0 radical (unpaired) electrons. The van der Waals surface area contributed by atoms with Crippen molar-refractivity contribution in [2.45, 2.75) is 26.3 Å². The zero-order valence-electron chi connectivity index (χ0n) is 21.5. The molecule has 39 heavy (non-hydrogen) atoms. The Kier molecular flexibility index (Phi) is 6.96. The van der Waals surface area contributed by atoms with E-state index in [0.29, 0.717) is 35.0 Å². The largest absolute Gasteiger partial charge is 0.326 e. The minimum absolute atomic E-state index is 0.0166. The first kappa shape index (κ1) is 26.5. The molecule has 4 aromatic rings. The Morgan fingerprint density at radius 1 is 1.00 bits per heavy atom. The van der Waals surface area contributed by atoms with Gasteiger partial charge in [-0.05, 0) is 43.5 Å². The molecule has 0 unspecified atom stereocenters. The number of hydrogen-bond acceptors (Lipinski definition) is 7. The maximum atomic E-state index is 13.0. The van der Waals surface area contributed by atoms with Crippen LogP contribution in [0.25, 0.3) is 22.4 Å². The first-order valence-corrected chi connectivity index (χ1v) is 14.9. The summed E-state index contributed by atoms with van der Waals surface area (Å²) in [6.07, 6.45) is 2.87. The number of aromatic nitrogens is 2. The minimum Gasteiger partial charge on any atom is -0.326 e. The van der Waals surface area contributed by atoms with E-state index in [4.69, 9.17) is 0 Å². The molecule has 5 rings (SSSR count). The lowest BCUT2D eigenvalue weighted by Gasteiger charge is -2.39. The second kappa shape index (κ2) is 10.2. The third-order valence-corrected chi connectivity index (χ3v) is 8.54. The fraction of sp³-hybridized carbons (Fsp3) is 0.214. The van der Waals surface area contributed by atoms with Gasteiger partial charge < -0.3 is 10.2 Å². The maximum Gasteiger partial charge on any atom is 0.256 e. The van der Waals surface area contributed by atoms with E-state index in [1.54, 1.807) is 19.1 Å². The number of likely N-dealkylation sites (tertiary alicyclic amines) is 1. The average Bonchev–Trinajstić information content (AvgIpc) is 3.50. The number of nitrogens with one attached hydrogen (secondary N) is 1. The number of anilines is 1. The number of ketones is 1. The zero-order chi connectivity index (χ0) is 27.9. The lowest BCUT2D eigenvalue weighted by molar-refractivity contribution is -0.123. The van der Waals surface area contributed by atoms with Crippen LogP contribution >= 0.6 is 11.3 Å². The number of hydrogen-bond donors (Lipinski definition) is 1. The second-order valence-electron chi connectivity index (χ2n) is 9.47. The van der Waals surface area contributed by atoms with E-state index in [0.717, 1.165) is 26.9 Å². The molecular weight excluding hydrogens is 536 g/mol. The summed E-state index contributed by atoms with van der Waals surface area (Å²) in [4.78, 5) is 43.5. The van der Waals surface area contributed by atoms with Crippen LogP contribution in [0.1, 0.15) is 39.8 Å². The standard InChI is InChI=1S/C28H26N4O5S2/c1-17-13-23(15-32(17)39(3,36)37)27(35)31-12-11-25(31)26(34)30-28-29-24(16-38-28)22-6-4-5-21(14-22)20-9-7-19(8-10-20)18(2)33/h4-10,13-16,25H,11-12H2,1-3H3,(H,29,30,34)/t25-/m0/s1. The Bertz CT molecular complexity index is 1700. The van der Waals surface area contributed by atoms with Crippen LogP contribution < -0.4 is 5.32 Å².